The van der Waals surface area contributed by atoms with E-state index in [1.54, 1.807) is 13.0 Å². The summed E-state index contributed by atoms with van der Waals surface area (Å²) in [6.45, 7) is 6.12. The number of aromatic nitrogens is 1. The van der Waals surface area contributed by atoms with E-state index < -0.39 is 19.5 Å². The van der Waals surface area contributed by atoms with Gasteiger partial charge in [0.25, 0.3) is 5.69 Å². The fraction of sp³-hybridized carbons (Fsp3) is 0.643. The third-order valence-corrected chi connectivity index (χ3v) is 7.37. The lowest BCUT2D eigenvalue weighted by atomic mass is 10.0. The van der Waals surface area contributed by atoms with Gasteiger partial charge in [-0.2, -0.15) is 0 Å². The second kappa shape index (κ2) is 5.83. The lowest BCUT2D eigenvalue weighted by Crippen LogP contribution is -2.56. The molecule has 1 aliphatic rings. The molecule has 0 aromatic carbocycles. The van der Waals surface area contributed by atoms with Crippen molar-refractivity contribution in [2.24, 2.45) is 0 Å². The Morgan fingerprint density at radius 1 is 1.36 bits per heavy atom. The van der Waals surface area contributed by atoms with Gasteiger partial charge in [0, 0.05) is 19.2 Å². The van der Waals surface area contributed by atoms with Crippen LogP contribution >= 0.6 is 0 Å². The molecule has 1 aliphatic heterocycles. The number of sulfone groups is 1. The summed E-state index contributed by atoms with van der Waals surface area (Å²) in [5.74, 6) is 0.691. The van der Waals surface area contributed by atoms with Gasteiger partial charge < -0.3 is 4.90 Å². The fourth-order valence-corrected chi connectivity index (χ4v) is 5.12. The van der Waals surface area contributed by atoms with E-state index >= 15 is 0 Å². The van der Waals surface area contributed by atoms with Gasteiger partial charge in [-0.25, -0.2) is 13.4 Å². The minimum atomic E-state index is -3.14. The average molecular weight is 327 g/mol. The molecule has 0 aliphatic carbocycles. The van der Waals surface area contributed by atoms with Crippen LogP contribution in [0.2, 0.25) is 0 Å². The standard InChI is InChI=1S/C14H21N3O4S/c1-4-14(5-2)10-16(8-9-22(14,20)21)13-7-6-12(17(18)19)11(3)15-13/h6-7H,4-5,8-10H2,1-3H3. The maximum absolute atomic E-state index is 12.4. The molecule has 8 heteroatoms. The van der Waals surface area contributed by atoms with Crippen LogP contribution in [0.1, 0.15) is 32.4 Å². The van der Waals surface area contributed by atoms with E-state index in [1.807, 2.05) is 18.7 Å². The zero-order chi connectivity index (χ0) is 16.5. The van der Waals surface area contributed by atoms with E-state index in [0.717, 1.165) is 0 Å². The zero-order valence-electron chi connectivity index (χ0n) is 13.1. The van der Waals surface area contributed by atoms with Crippen molar-refractivity contribution in [3.63, 3.8) is 0 Å². The Kier molecular flexibility index (Phi) is 4.42. The second-order valence-corrected chi connectivity index (χ2v) is 8.17. The number of nitro groups is 1. The topological polar surface area (TPSA) is 93.4 Å². The highest BCUT2D eigenvalue weighted by molar-refractivity contribution is 7.92. The summed E-state index contributed by atoms with van der Waals surface area (Å²) in [5.41, 5.74) is 0.320. The Hall–Kier alpha value is -1.70. The molecule has 0 amide bonds. The van der Waals surface area contributed by atoms with Crippen molar-refractivity contribution in [3.05, 3.63) is 27.9 Å². The van der Waals surface area contributed by atoms with Crippen LogP contribution in [0.5, 0.6) is 0 Å². The van der Waals surface area contributed by atoms with E-state index in [2.05, 4.69) is 4.98 Å². The Labute approximate surface area is 130 Å². The molecule has 0 atom stereocenters. The molecular formula is C14H21N3O4S. The molecule has 0 radical (unpaired) electrons. The summed E-state index contributed by atoms with van der Waals surface area (Å²) in [5, 5.41) is 10.9. The first-order valence-corrected chi connectivity index (χ1v) is 9.01. The molecule has 0 bridgehead atoms. The van der Waals surface area contributed by atoms with Crippen LogP contribution in [0, 0.1) is 17.0 Å². The number of hydrogen-bond donors (Lipinski definition) is 0. The molecular weight excluding hydrogens is 306 g/mol. The van der Waals surface area contributed by atoms with Crippen molar-refractivity contribution >= 4 is 21.3 Å². The maximum atomic E-state index is 12.4. The van der Waals surface area contributed by atoms with Crippen LogP contribution in [0.25, 0.3) is 0 Å². The summed E-state index contributed by atoms with van der Waals surface area (Å²) in [6.07, 6.45) is 1.10. The smallest absolute Gasteiger partial charge is 0.290 e. The lowest BCUT2D eigenvalue weighted by molar-refractivity contribution is -0.385. The van der Waals surface area contributed by atoms with Gasteiger partial charge in [-0.05, 0) is 25.8 Å². The number of hydrogen-bond acceptors (Lipinski definition) is 6. The van der Waals surface area contributed by atoms with Crippen molar-refractivity contribution < 1.29 is 13.3 Å². The third kappa shape index (κ3) is 2.67. The molecule has 0 N–H and O–H groups in total. The minimum absolute atomic E-state index is 0.0226. The van der Waals surface area contributed by atoms with Crippen LogP contribution in [0.3, 0.4) is 0 Å². The molecule has 0 saturated carbocycles. The zero-order valence-corrected chi connectivity index (χ0v) is 13.9. The first-order valence-electron chi connectivity index (χ1n) is 7.35. The van der Waals surface area contributed by atoms with Gasteiger partial charge in [-0.1, -0.05) is 13.8 Å². The van der Waals surface area contributed by atoms with E-state index in [0.29, 0.717) is 37.4 Å². The van der Waals surface area contributed by atoms with Crippen molar-refractivity contribution in [3.8, 4) is 0 Å². The van der Waals surface area contributed by atoms with E-state index in [-0.39, 0.29) is 11.4 Å². The Morgan fingerprint density at radius 2 is 2.00 bits per heavy atom. The van der Waals surface area contributed by atoms with Gasteiger partial charge >= 0.3 is 0 Å². The molecule has 2 heterocycles. The van der Waals surface area contributed by atoms with Crippen LogP contribution in [0.15, 0.2) is 12.1 Å². The molecule has 1 aromatic rings. The highest BCUT2D eigenvalue weighted by Crippen LogP contribution is 2.33. The first kappa shape index (κ1) is 16.7. The van der Waals surface area contributed by atoms with Gasteiger partial charge in [0.05, 0.1) is 15.4 Å². The SMILES string of the molecule is CCC1(CC)CN(c2ccc([N+](=O)[O-])c(C)n2)CCS1(=O)=O. The van der Waals surface area contributed by atoms with Crippen LogP contribution < -0.4 is 4.90 Å². The van der Waals surface area contributed by atoms with Crippen molar-refractivity contribution in [1.29, 1.82) is 0 Å². The first-order chi connectivity index (χ1) is 10.3. The number of pyridine rings is 1. The fourth-order valence-electron chi connectivity index (χ4n) is 2.99. The maximum Gasteiger partial charge on any atom is 0.290 e. The number of nitrogens with zero attached hydrogens (tertiary/aromatic N) is 3. The third-order valence-electron chi connectivity index (χ3n) is 4.62. The van der Waals surface area contributed by atoms with Gasteiger partial charge in [-0.15, -0.1) is 0 Å². The molecule has 22 heavy (non-hydrogen) atoms. The van der Waals surface area contributed by atoms with Gasteiger partial charge in [0.1, 0.15) is 11.5 Å². The average Bonchev–Trinajstić information content (AvgIpc) is 2.47. The van der Waals surface area contributed by atoms with Gasteiger partial charge in [0.2, 0.25) is 0 Å². The Balaban J connectivity index is 2.35. The highest BCUT2D eigenvalue weighted by atomic mass is 32.2. The molecule has 1 fully saturated rings. The van der Waals surface area contributed by atoms with E-state index in [9.17, 15) is 18.5 Å². The van der Waals surface area contributed by atoms with E-state index in [4.69, 9.17) is 0 Å². The highest BCUT2D eigenvalue weighted by Gasteiger charge is 2.45. The predicted octanol–water partition coefficient (Wildman–Crippen LogP) is 2.09. The van der Waals surface area contributed by atoms with Crippen molar-refractivity contribution in [2.45, 2.75) is 38.4 Å². The Bertz CT molecular complexity index is 683. The number of aryl methyl sites for hydroxylation is 1. The molecule has 0 spiro atoms. The summed E-state index contributed by atoms with van der Waals surface area (Å²) in [7, 11) is -3.14. The predicted molar refractivity (Wildman–Crippen MR) is 84.9 cm³/mol. The summed E-state index contributed by atoms with van der Waals surface area (Å²) >= 11 is 0. The summed E-state index contributed by atoms with van der Waals surface area (Å²) < 4.78 is 24.1. The van der Waals surface area contributed by atoms with Gasteiger partial charge in [-0.3, -0.25) is 10.1 Å². The molecule has 1 aromatic heterocycles. The summed E-state index contributed by atoms with van der Waals surface area (Å²) in [4.78, 5) is 16.6. The molecule has 1 saturated heterocycles. The van der Waals surface area contributed by atoms with Gasteiger partial charge in [0.15, 0.2) is 9.84 Å². The molecule has 7 nitrogen and oxygen atoms in total. The monoisotopic (exact) mass is 327 g/mol. The largest absolute Gasteiger partial charge is 0.354 e. The number of anilines is 1. The molecule has 2 rings (SSSR count). The Morgan fingerprint density at radius 3 is 2.50 bits per heavy atom. The summed E-state index contributed by atoms with van der Waals surface area (Å²) in [6, 6.07) is 3.03. The van der Waals surface area contributed by atoms with Crippen LogP contribution in [-0.2, 0) is 9.84 Å². The second-order valence-electron chi connectivity index (χ2n) is 5.66. The van der Waals surface area contributed by atoms with Crippen LogP contribution in [0.4, 0.5) is 11.5 Å². The van der Waals surface area contributed by atoms with Crippen molar-refractivity contribution in [2.75, 3.05) is 23.7 Å². The quantitative estimate of drug-likeness (QED) is 0.621. The normalized spacial score (nSPS) is 19.9. The molecule has 122 valence electrons. The van der Waals surface area contributed by atoms with Crippen LogP contribution in [-0.4, -0.2) is 41.9 Å². The van der Waals surface area contributed by atoms with E-state index in [1.165, 1.54) is 6.07 Å². The van der Waals surface area contributed by atoms with Crippen molar-refractivity contribution in [1.82, 2.24) is 4.98 Å². The molecule has 0 unspecified atom stereocenters. The lowest BCUT2D eigenvalue weighted by Gasteiger charge is -2.41. The minimum Gasteiger partial charge on any atom is -0.354 e. The number of rotatable bonds is 4.